The highest BCUT2D eigenvalue weighted by Gasteiger charge is 1.95. The molecule has 3 nitrogen and oxygen atoms in total. The highest BCUT2D eigenvalue weighted by molar-refractivity contribution is 5.85. The summed E-state index contributed by atoms with van der Waals surface area (Å²) in [5.74, 6) is -0.936. The fourth-order valence-electron chi connectivity index (χ4n) is 1.39. The van der Waals surface area contributed by atoms with Gasteiger partial charge in [0.2, 0.25) is 0 Å². The highest BCUT2D eigenvalue weighted by atomic mass is 16.5. The maximum absolute atomic E-state index is 10.4. The Balaban J connectivity index is 2.50. The Hall–Kier alpha value is -1.61. The molecule has 1 aromatic rings. The quantitative estimate of drug-likeness (QED) is 0.582. The minimum Gasteiger partial charge on any atom is -0.478 e. The normalized spacial score (nSPS) is 10.9. The van der Waals surface area contributed by atoms with Gasteiger partial charge in [0.15, 0.2) is 0 Å². The molecule has 0 unspecified atom stereocenters. The van der Waals surface area contributed by atoms with Crippen LogP contribution in [0.3, 0.4) is 0 Å². The molecule has 0 saturated heterocycles. The predicted molar refractivity (Wildman–Crippen MR) is 67.7 cm³/mol. The van der Waals surface area contributed by atoms with Crippen molar-refractivity contribution in [2.24, 2.45) is 0 Å². The minimum atomic E-state index is -0.936. The van der Waals surface area contributed by atoms with Gasteiger partial charge in [0.25, 0.3) is 0 Å². The molecule has 1 N–H and O–H groups in total. The molecular weight excluding hydrogens is 216 g/mol. The van der Waals surface area contributed by atoms with Gasteiger partial charge in [0.1, 0.15) is 0 Å². The van der Waals surface area contributed by atoms with E-state index in [0.717, 1.165) is 36.7 Å². The number of unbranched alkanes of at least 4 members (excludes halogenated alkanes) is 1. The predicted octanol–water partition coefficient (Wildman–Crippen LogP) is 3.10. The molecule has 0 spiro atoms. The largest absolute Gasteiger partial charge is 0.478 e. The van der Waals surface area contributed by atoms with E-state index in [1.54, 1.807) is 6.08 Å². The molecule has 17 heavy (non-hydrogen) atoms. The molecule has 0 amide bonds. The second kappa shape index (κ2) is 7.63. The topological polar surface area (TPSA) is 46.5 Å². The van der Waals surface area contributed by atoms with Crippen LogP contribution < -0.4 is 0 Å². The first-order valence-electron chi connectivity index (χ1n) is 5.80. The van der Waals surface area contributed by atoms with Crippen LogP contribution >= 0.6 is 0 Å². The summed E-state index contributed by atoms with van der Waals surface area (Å²) in [4.78, 5) is 10.4. The average Bonchev–Trinajstić information content (AvgIpc) is 2.33. The van der Waals surface area contributed by atoms with E-state index in [1.807, 2.05) is 24.3 Å². The number of ether oxygens (including phenoxy) is 1. The Morgan fingerprint density at radius 3 is 3.00 bits per heavy atom. The van der Waals surface area contributed by atoms with Crippen LogP contribution in [0.25, 0.3) is 6.08 Å². The van der Waals surface area contributed by atoms with Crippen LogP contribution in [0.2, 0.25) is 0 Å². The Morgan fingerprint density at radius 1 is 1.47 bits per heavy atom. The van der Waals surface area contributed by atoms with Crippen molar-refractivity contribution in [1.82, 2.24) is 0 Å². The van der Waals surface area contributed by atoms with Crippen molar-refractivity contribution < 1.29 is 14.6 Å². The summed E-state index contributed by atoms with van der Waals surface area (Å²) in [6.07, 6.45) is 4.91. The monoisotopic (exact) mass is 234 g/mol. The fraction of sp³-hybridized carbons (Fsp3) is 0.357. The molecule has 1 rings (SSSR count). The van der Waals surface area contributed by atoms with Gasteiger partial charge in [-0.2, -0.15) is 0 Å². The van der Waals surface area contributed by atoms with Crippen molar-refractivity contribution >= 4 is 12.0 Å². The first-order chi connectivity index (χ1) is 8.22. The fourth-order valence-corrected chi connectivity index (χ4v) is 1.39. The van der Waals surface area contributed by atoms with Gasteiger partial charge in [0.05, 0.1) is 6.61 Å². The number of carbonyl (C=O) groups is 1. The maximum atomic E-state index is 10.4. The van der Waals surface area contributed by atoms with Gasteiger partial charge in [0, 0.05) is 12.7 Å². The van der Waals surface area contributed by atoms with Crippen LogP contribution in [0.4, 0.5) is 0 Å². The van der Waals surface area contributed by atoms with E-state index < -0.39 is 5.97 Å². The SMILES string of the molecule is CCCCOCc1cccc(C=CC(=O)O)c1. The van der Waals surface area contributed by atoms with Gasteiger partial charge in [-0.25, -0.2) is 4.79 Å². The lowest BCUT2D eigenvalue weighted by atomic mass is 10.1. The summed E-state index contributed by atoms with van der Waals surface area (Å²) < 4.78 is 5.50. The summed E-state index contributed by atoms with van der Waals surface area (Å²) in [7, 11) is 0. The van der Waals surface area contributed by atoms with Crippen LogP contribution in [0.1, 0.15) is 30.9 Å². The van der Waals surface area contributed by atoms with Crippen LogP contribution in [0.15, 0.2) is 30.3 Å². The van der Waals surface area contributed by atoms with Crippen LogP contribution in [-0.4, -0.2) is 17.7 Å². The molecule has 3 heteroatoms. The van der Waals surface area contributed by atoms with E-state index in [4.69, 9.17) is 9.84 Å². The lowest BCUT2D eigenvalue weighted by Crippen LogP contribution is -1.95. The Kier molecular flexibility index (Phi) is 6.04. The van der Waals surface area contributed by atoms with Gasteiger partial charge in [-0.15, -0.1) is 0 Å². The zero-order chi connectivity index (χ0) is 12.5. The lowest BCUT2D eigenvalue weighted by molar-refractivity contribution is -0.131. The standard InChI is InChI=1S/C14H18O3/c1-2-3-9-17-11-13-6-4-5-12(10-13)7-8-14(15)16/h4-8,10H,2-3,9,11H2,1H3,(H,15,16). The zero-order valence-electron chi connectivity index (χ0n) is 10.1. The maximum Gasteiger partial charge on any atom is 0.328 e. The van der Waals surface area contributed by atoms with Crippen LogP contribution in [-0.2, 0) is 16.1 Å². The Labute approximate surface area is 102 Å². The smallest absolute Gasteiger partial charge is 0.328 e. The van der Waals surface area contributed by atoms with Crippen molar-refractivity contribution in [2.45, 2.75) is 26.4 Å². The van der Waals surface area contributed by atoms with Crippen molar-refractivity contribution in [3.8, 4) is 0 Å². The van der Waals surface area contributed by atoms with E-state index in [2.05, 4.69) is 6.92 Å². The molecule has 0 saturated carbocycles. The minimum absolute atomic E-state index is 0.578. The zero-order valence-corrected chi connectivity index (χ0v) is 10.1. The molecule has 1 aromatic carbocycles. The van der Waals surface area contributed by atoms with E-state index in [-0.39, 0.29) is 0 Å². The Bertz CT molecular complexity index is 383. The van der Waals surface area contributed by atoms with Gasteiger partial charge in [-0.05, 0) is 29.7 Å². The first-order valence-corrected chi connectivity index (χ1v) is 5.80. The summed E-state index contributed by atoms with van der Waals surface area (Å²) in [5, 5.41) is 8.53. The van der Waals surface area contributed by atoms with E-state index in [1.165, 1.54) is 0 Å². The molecule has 92 valence electrons. The number of benzene rings is 1. The number of hydrogen-bond acceptors (Lipinski definition) is 2. The third kappa shape index (κ3) is 5.88. The van der Waals surface area contributed by atoms with Crippen LogP contribution in [0.5, 0.6) is 0 Å². The molecule has 0 fully saturated rings. The van der Waals surface area contributed by atoms with Crippen molar-refractivity contribution in [3.63, 3.8) is 0 Å². The second-order valence-electron chi connectivity index (χ2n) is 3.82. The lowest BCUT2D eigenvalue weighted by Gasteiger charge is -2.04. The van der Waals surface area contributed by atoms with Crippen molar-refractivity contribution in [3.05, 3.63) is 41.5 Å². The van der Waals surface area contributed by atoms with E-state index >= 15 is 0 Å². The summed E-state index contributed by atoms with van der Waals surface area (Å²) >= 11 is 0. The van der Waals surface area contributed by atoms with E-state index in [0.29, 0.717) is 6.61 Å². The molecule has 0 bridgehead atoms. The third-order valence-corrected chi connectivity index (χ3v) is 2.28. The van der Waals surface area contributed by atoms with Crippen molar-refractivity contribution in [2.75, 3.05) is 6.61 Å². The van der Waals surface area contributed by atoms with Crippen LogP contribution in [0, 0.1) is 0 Å². The van der Waals surface area contributed by atoms with Gasteiger partial charge >= 0.3 is 5.97 Å². The third-order valence-electron chi connectivity index (χ3n) is 2.28. The Morgan fingerprint density at radius 2 is 2.29 bits per heavy atom. The molecular formula is C14H18O3. The first kappa shape index (κ1) is 13.5. The van der Waals surface area contributed by atoms with Gasteiger partial charge in [-0.1, -0.05) is 31.5 Å². The van der Waals surface area contributed by atoms with E-state index in [9.17, 15) is 4.79 Å². The average molecular weight is 234 g/mol. The number of hydrogen-bond donors (Lipinski definition) is 1. The molecule has 0 aromatic heterocycles. The molecule has 0 aliphatic heterocycles. The number of carboxylic acids is 1. The van der Waals surface area contributed by atoms with Gasteiger partial charge < -0.3 is 9.84 Å². The number of aliphatic carboxylic acids is 1. The number of carboxylic acid groups (broad SMARTS) is 1. The molecule has 0 aliphatic carbocycles. The molecule has 0 aliphatic rings. The molecule has 0 atom stereocenters. The summed E-state index contributed by atoms with van der Waals surface area (Å²) in [5.41, 5.74) is 1.94. The molecule has 0 radical (unpaired) electrons. The molecule has 0 heterocycles. The highest BCUT2D eigenvalue weighted by Crippen LogP contribution is 2.08. The number of rotatable bonds is 7. The van der Waals surface area contributed by atoms with Crippen molar-refractivity contribution in [1.29, 1.82) is 0 Å². The van der Waals surface area contributed by atoms with Gasteiger partial charge in [-0.3, -0.25) is 0 Å². The second-order valence-corrected chi connectivity index (χ2v) is 3.82. The summed E-state index contributed by atoms with van der Waals surface area (Å²) in [6.45, 7) is 3.47. The summed E-state index contributed by atoms with van der Waals surface area (Å²) in [6, 6.07) is 7.68.